The third kappa shape index (κ3) is 2.96. The summed E-state index contributed by atoms with van der Waals surface area (Å²) in [4.78, 5) is 0. The van der Waals surface area contributed by atoms with E-state index in [0.29, 0.717) is 5.02 Å². The molecule has 88 valence electrons. The normalized spacial score (nSPS) is 23.8. The zero-order chi connectivity index (χ0) is 11.4. The first kappa shape index (κ1) is 11.9. The van der Waals surface area contributed by atoms with Crippen LogP contribution in [0, 0.1) is 5.92 Å². The molecule has 16 heavy (non-hydrogen) atoms. The summed E-state index contributed by atoms with van der Waals surface area (Å²) < 4.78 is 14.3. The van der Waals surface area contributed by atoms with E-state index in [2.05, 4.69) is 5.32 Å². The van der Waals surface area contributed by atoms with E-state index in [4.69, 9.17) is 11.6 Å². The lowest BCUT2D eigenvalue weighted by atomic mass is 9.91. The molecule has 2 unspecified atom stereocenters. The molecule has 1 aromatic carbocycles. The monoisotopic (exact) mass is 241 g/mol. The molecule has 2 atom stereocenters. The van der Waals surface area contributed by atoms with Crippen LogP contribution in [0.1, 0.15) is 31.0 Å². The summed E-state index contributed by atoms with van der Waals surface area (Å²) in [5.74, 6) is 0.149. The van der Waals surface area contributed by atoms with Crippen molar-refractivity contribution in [3.8, 4) is 0 Å². The van der Waals surface area contributed by atoms with Gasteiger partial charge < -0.3 is 5.32 Å². The minimum atomic E-state index is -0.850. The Morgan fingerprint density at radius 1 is 1.19 bits per heavy atom. The van der Waals surface area contributed by atoms with Crippen LogP contribution in [0.25, 0.3) is 0 Å². The Balaban J connectivity index is 2.04. The van der Waals surface area contributed by atoms with E-state index in [0.717, 1.165) is 37.9 Å². The highest BCUT2D eigenvalue weighted by Crippen LogP contribution is 2.33. The molecule has 1 aromatic rings. The van der Waals surface area contributed by atoms with Gasteiger partial charge in [-0.2, -0.15) is 0 Å². The van der Waals surface area contributed by atoms with Crippen LogP contribution in [-0.2, 0) is 0 Å². The summed E-state index contributed by atoms with van der Waals surface area (Å²) in [6.45, 7) is 1.95. The second-order valence-corrected chi connectivity index (χ2v) is 4.83. The fourth-order valence-corrected chi connectivity index (χ4v) is 2.38. The first-order valence-corrected chi connectivity index (χ1v) is 6.25. The molecule has 1 N–H and O–H groups in total. The molecule has 2 rings (SSSR count). The van der Waals surface area contributed by atoms with E-state index in [1.807, 2.05) is 0 Å². The molecule has 1 heterocycles. The molecule has 1 saturated heterocycles. The van der Waals surface area contributed by atoms with Gasteiger partial charge in [0.15, 0.2) is 0 Å². The molecular weight excluding hydrogens is 225 g/mol. The standard InChI is InChI=1S/C13H17ClFN/c14-12-5-3-11(4-6-12)13(15)10-2-1-8-16-9-7-10/h3-6,10,13,16H,1-2,7-9H2. The predicted octanol–water partition coefficient (Wildman–Crippen LogP) is 3.74. The van der Waals surface area contributed by atoms with Crippen LogP contribution < -0.4 is 5.32 Å². The molecule has 0 spiro atoms. The van der Waals surface area contributed by atoms with E-state index in [1.54, 1.807) is 24.3 Å². The highest BCUT2D eigenvalue weighted by Gasteiger charge is 2.23. The van der Waals surface area contributed by atoms with E-state index in [9.17, 15) is 4.39 Å². The van der Waals surface area contributed by atoms with E-state index < -0.39 is 6.17 Å². The predicted molar refractivity (Wildman–Crippen MR) is 65.5 cm³/mol. The Kier molecular flexibility index (Phi) is 4.19. The molecule has 1 aliphatic rings. The molecule has 0 bridgehead atoms. The van der Waals surface area contributed by atoms with E-state index in [1.165, 1.54) is 0 Å². The van der Waals surface area contributed by atoms with Crippen molar-refractivity contribution in [2.75, 3.05) is 13.1 Å². The van der Waals surface area contributed by atoms with Gasteiger partial charge in [0.1, 0.15) is 6.17 Å². The lowest BCUT2D eigenvalue weighted by molar-refractivity contribution is 0.215. The van der Waals surface area contributed by atoms with Crippen molar-refractivity contribution in [3.05, 3.63) is 34.9 Å². The fourth-order valence-electron chi connectivity index (χ4n) is 2.26. The minimum Gasteiger partial charge on any atom is -0.317 e. The second-order valence-electron chi connectivity index (χ2n) is 4.39. The summed E-state index contributed by atoms with van der Waals surface area (Å²) in [6.07, 6.45) is 2.11. The first-order valence-electron chi connectivity index (χ1n) is 5.87. The average Bonchev–Trinajstić information content (AvgIpc) is 2.57. The van der Waals surface area contributed by atoms with Crippen LogP contribution in [0.4, 0.5) is 4.39 Å². The minimum absolute atomic E-state index is 0.149. The van der Waals surface area contributed by atoms with Crippen molar-refractivity contribution in [1.82, 2.24) is 5.32 Å². The molecule has 3 heteroatoms. The van der Waals surface area contributed by atoms with Crippen LogP contribution in [0.5, 0.6) is 0 Å². The smallest absolute Gasteiger partial charge is 0.128 e. The largest absolute Gasteiger partial charge is 0.317 e. The SMILES string of the molecule is FC(c1ccc(Cl)cc1)C1CCCNCC1. The third-order valence-corrected chi connectivity index (χ3v) is 3.47. The molecule has 0 amide bonds. The maximum Gasteiger partial charge on any atom is 0.128 e. The molecule has 1 aliphatic heterocycles. The van der Waals surface area contributed by atoms with Gasteiger partial charge in [0.05, 0.1) is 0 Å². The number of benzene rings is 1. The number of hydrogen-bond acceptors (Lipinski definition) is 1. The number of hydrogen-bond donors (Lipinski definition) is 1. The van der Waals surface area contributed by atoms with Gasteiger partial charge in [0.25, 0.3) is 0 Å². The third-order valence-electron chi connectivity index (χ3n) is 3.22. The topological polar surface area (TPSA) is 12.0 Å². The molecular formula is C13H17ClFN. The number of rotatable bonds is 2. The van der Waals surface area contributed by atoms with Crippen LogP contribution in [-0.4, -0.2) is 13.1 Å². The molecule has 0 aliphatic carbocycles. The molecule has 0 radical (unpaired) electrons. The van der Waals surface area contributed by atoms with E-state index >= 15 is 0 Å². The maximum atomic E-state index is 14.3. The number of halogens is 2. The molecule has 0 aromatic heterocycles. The lowest BCUT2D eigenvalue weighted by Crippen LogP contribution is -2.15. The summed E-state index contributed by atoms with van der Waals surface area (Å²) in [5.41, 5.74) is 0.760. The molecule has 1 nitrogen and oxygen atoms in total. The van der Waals surface area contributed by atoms with Gasteiger partial charge in [-0.3, -0.25) is 0 Å². The van der Waals surface area contributed by atoms with Crippen LogP contribution >= 0.6 is 11.6 Å². The zero-order valence-electron chi connectivity index (χ0n) is 9.26. The van der Waals surface area contributed by atoms with Gasteiger partial charge >= 0.3 is 0 Å². The van der Waals surface area contributed by atoms with Crippen molar-refractivity contribution in [1.29, 1.82) is 0 Å². The Bertz CT molecular complexity index is 317. The summed E-state index contributed by atoms with van der Waals surface area (Å²) in [5, 5.41) is 3.97. The van der Waals surface area contributed by atoms with Crippen molar-refractivity contribution in [2.45, 2.75) is 25.4 Å². The maximum absolute atomic E-state index is 14.3. The van der Waals surface area contributed by atoms with Gasteiger partial charge in [-0.25, -0.2) is 4.39 Å². The van der Waals surface area contributed by atoms with Crippen molar-refractivity contribution in [2.24, 2.45) is 5.92 Å². The summed E-state index contributed by atoms with van der Waals surface area (Å²) in [7, 11) is 0. The van der Waals surface area contributed by atoms with E-state index in [-0.39, 0.29) is 5.92 Å². The van der Waals surface area contributed by atoms with Crippen LogP contribution in [0.15, 0.2) is 24.3 Å². The number of nitrogens with one attached hydrogen (secondary N) is 1. The first-order chi connectivity index (χ1) is 7.77. The molecule has 1 fully saturated rings. The Morgan fingerprint density at radius 2 is 1.94 bits per heavy atom. The van der Waals surface area contributed by atoms with Gasteiger partial charge in [-0.05, 0) is 56.0 Å². The van der Waals surface area contributed by atoms with Gasteiger partial charge in [-0.15, -0.1) is 0 Å². The van der Waals surface area contributed by atoms with Crippen LogP contribution in [0.3, 0.4) is 0 Å². The van der Waals surface area contributed by atoms with Gasteiger partial charge in [0.2, 0.25) is 0 Å². The molecule has 0 saturated carbocycles. The van der Waals surface area contributed by atoms with Crippen molar-refractivity contribution in [3.63, 3.8) is 0 Å². The van der Waals surface area contributed by atoms with Gasteiger partial charge in [-0.1, -0.05) is 23.7 Å². The van der Waals surface area contributed by atoms with Crippen molar-refractivity contribution < 1.29 is 4.39 Å². The summed E-state index contributed by atoms with van der Waals surface area (Å²) >= 11 is 5.80. The van der Waals surface area contributed by atoms with Crippen LogP contribution in [0.2, 0.25) is 5.02 Å². The van der Waals surface area contributed by atoms with Crippen molar-refractivity contribution >= 4 is 11.6 Å². The highest BCUT2D eigenvalue weighted by molar-refractivity contribution is 6.30. The lowest BCUT2D eigenvalue weighted by Gasteiger charge is -2.19. The second kappa shape index (κ2) is 5.65. The zero-order valence-corrected chi connectivity index (χ0v) is 10.0. The number of alkyl halides is 1. The summed E-state index contributed by atoms with van der Waals surface area (Å²) in [6, 6.07) is 7.12. The average molecular weight is 242 g/mol. The Hall–Kier alpha value is -0.600. The fraction of sp³-hybridized carbons (Fsp3) is 0.538. The highest BCUT2D eigenvalue weighted by atomic mass is 35.5. The Labute approximate surface area is 101 Å². The quantitative estimate of drug-likeness (QED) is 0.832. The van der Waals surface area contributed by atoms with Gasteiger partial charge in [0, 0.05) is 5.02 Å². The Morgan fingerprint density at radius 3 is 2.69 bits per heavy atom.